The van der Waals surface area contributed by atoms with E-state index in [4.69, 9.17) is 4.74 Å². The number of para-hydroxylation sites is 1. The van der Waals surface area contributed by atoms with Crippen LogP contribution in [-0.4, -0.2) is 36.4 Å². The standard InChI is InChI=1S/C22H28N2O3/c1-3-20(22(26)23-2)24(17-18-11-6-4-7-12-18)21(25)15-10-16-27-19-13-8-5-9-14-19/h4-9,11-14,20H,3,10,15-17H2,1-2H3,(H,23,26)/t20-/m1/s1. The van der Waals surface area contributed by atoms with Crippen LogP contribution in [0.25, 0.3) is 0 Å². The van der Waals surface area contributed by atoms with Gasteiger partial charge in [-0.05, 0) is 30.5 Å². The summed E-state index contributed by atoms with van der Waals surface area (Å²) < 4.78 is 5.66. The number of rotatable bonds is 10. The van der Waals surface area contributed by atoms with Crippen LogP contribution in [0.3, 0.4) is 0 Å². The maximum atomic E-state index is 12.9. The summed E-state index contributed by atoms with van der Waals surface area (Å²) in [6.45, 7) is 2.81. The zero-order valence-electron chi connectivity index (χ0n) is 16.1. The first-order valence-corrected chi connectivity index (χ1v) is 9.38. The van der Waals surface area contributed by atoms with Crippen LogP contribution < -0.4 is 10.1 Å². The lowest BCUT2D eigenvalue weighted by Gasteiger charge is -2.30. The van der Waals surface area contributed by atoms with Crippen LogP contribution in [-0.2, 0) is 16.1 Å². The second kappa shape index (κ2) is 11.0. The van der Waals surface area contributed by atoms with Crippen molar-refractivity contribution in [2.45, 2.75) is 38.8 Å². The van der Waals surface area contributed by atoms with Gasteiger partial charge < -0.3 is 15.0 Å². The second-order valence-electron chi connectivity index (χ2n) is 6.31. The van der Waals surface area contributed by atoms with Crippen LogP contribution in [0.5, 0.6) is 5.75 Å². The van der Waals surface area contributed by atoms with Crippen molar-refractivity contribution in [3.8, 4) is 5.75 Å². The number of benzene rings is 2. The van der Waals surface area contributed by atoms with Gasteiger partial charge in [0.2, 0.25) is 11.8 Å². The van der Waals surface area contributed by atoms with E-state index in [1.807, 2.05) is 67.6 Å². The Morgan fingerprint density at radius 3 is 2.26 bits per heavy atom. The van der Waals surface area contributed by atoms with Crippen molar-refractivity contribution in [2.75, 3.05) is 13.7 Å². The smallest absolute Gasteiger partial charge is 0.242 e. The van der Waals surface area contributed by atoms with Gasteiger partial charge >= 0.3 is 0 Å². The van der Waals surface area contributed by atoms with E-state index in [0.29, 0.717) is 32.4 Å². The van der Waals surface area contributed by atoms with E-state index in [-0.39, 0.29) is 11.8 Å². The summed E-state index contributed by atoms with van der Waals surface area (Å²) in [4.78, 5) is 26.8. The van der Waals surface area contributed by atoms with Crippen molar-refractivity contribution in [3.63, 3.8) is 0 Å². The first-order chi connectivity index (χ1) is 13.2. The zero-order chi connectivity index (χ0) is 19.5. The Morgan fingerprint density at radius 1 is 1.04 bits per heavy atom. The molecule has 27 heavy (non-hydrogen) atoms. The minimum absolute atomic E-state index is 0.0361. The van der Waals surface area contributed by atoms with Crippen molar-refractivity contribution in [1.82, 2.24) is 10.2 Å². The van der Waals surface area contributed by atoms with Gasteiger partial charge in [0, 0.05) is 20.0 Å². The summed E-state index contributed by atoms with van der Waals surface area (Å²) in [5.41, 5.74) is 1.01. The van der Waals surface area contributed by atoms with Gasteiger partial charge in [-0.3, -0.25) is 9.59 Å². The Hall–Kier alpha value is -2.82. The van der Waals surface area contributed by atoms with Crippen LogP contribution in [0.1, 0.15) is 31.7 Å². The predicted octanol–water partition coefficient (Wildman–Crippen LogP) is 3.40. The monoisotopic (exact) mass is 368 g/mol. The molecular weight excluding hydrogens is 340 g/mol. The molecule has 5 heteroatoms. The number of carbonyl (C=O) groups is 2. The minimum Gasteiger partial charge on any atom is -0.494 e. The predicted molar refractivity (Wildman–Crippen MR) is 106 cm³/mol. The summed E-state index contributed by atoms with van der Waals surface area (Å²) in [6.07, 6.45) is 1.51. The normalized spacial score (nSPS) is 11.5. The molecule has 0 aliphatic rings. The van der Waals surface area contributed by atoms with Crippen molar-refractivity contribution >= 4 is 11.8 Å². The largest absolute Gasteiger partial charge is 0.494 e. The summed E-state index contributed by atoms with van der Waals surface area (Å²) in [6, 6.07) is 18.8. The molecule has 2 aromatic carbocycles. The molecule has 0 saturated carbocycles. The molecule has 0 spiro atoms. The zero-order valence-corrected chi connectivity index (χ0v) is 16.1. The van der Waals surface area contributed by atoms with E-state index in [0.717, 1.165) is 11.3 Å². The van der Waals surface area contributed by atoms with Gasteiger partial charge in [-0.15, -0.1) is 0 Å². The minimum atomic E-state index is -0.474. The number of nitrogens with zero attached hydrogens (tertiary/aromatic N) is 1. The molecule has 144 valence electrons. The van der Waals surface area contributed by atoms with Crippen molar-refractivity contribution in [3.05, 3.63) is 66.2 Å². The Bertz CT molecular complexity index is 704. The highest BCUT2D eigenvalue weighted by molar-refractivity contribution is 5.87. The molecule has 5 nitrogen and oxygen atoms in total. The molecule has 1 atom stereocenters. The molecule has 2 aromatic rings. The molecule has 0 fully saturated rings. The number of ether oxygens (including phenoxy) is 1. The van der Waals surface area contributed by atoms with E-state index < -0.39 is 6.04 Å². The Balaban J connectivity index is 1.98. The molecule has 0 heterocycles. The molecule has 0 bridgehead atoms. The highest BCUT2D eigenvalue weighted by Crippen LogP contribution is 2.15. The summed E-state index contributed by atoms with van der Waals surface area (Å²) >= 11 is 0. The van der Waals surface area contributed by atoms with Crippen LogP contribution in [0.4, 0.5) is 0 Å². The topological polar surface area (TPSA) is 58.6 Å². The van der Waals surface area contributed by atoms with Crippen LogP contribution in [0.2, 0.25) is 0 Å². The van der Waals surface area contributed by atoms with E-state index in [2.05, 4.69) is 5.32 Å². The molecule has 0 aliphatic heterocycles. The van der Waals surface area contributed by atoms with Crippen molar-refractivity contribution in [2.24, 2.45) is 0 Å². The SMILES string of the molecule is CC[C@H](C(=O)NC)N(Cc1ccccc1)C(=O)CCCOc1ccccc1. The maximum Gasteiger partial charge on any atom is 0.242 e. The number of likely N-dealkylation sites (N-methyl/N-ethyl adjacent to an activating group) is 1. The molecule has 0 saturated heterocycles. The number of nitrogens with one attached hydrogen (secondary N) is 1. The first kappa shape index (κ1) is 20.5. The molecule has 0 radical (unpaired) electrons. The van der Waals surface area contributed by atoms with Crippen molar-refractivity contribution < 1.29 is 14.3 Å². The van der Waals surface area contributed by atoms with Crippen LogP contribution in [0.15, 0.2) is 60.7 Å². The molecule has 0 aromatic heterocycles. The first-order valence-electron chi connectivity index (χ1n) is 9.38. The fraction of sp³-hybridized carbons (Fsp3) is 0.364. The number of hydrogen-bond donors (Lipinski definition) is 1. The van der Waals surface area contributed by atoms with E-state index in [9.17, 15) is 9.59 Å². The molecule has 2 rings (SSSR count). The molecule has 0 unspecified atom stereocenters. The molecule has 2 amide bonds. The quantitative estimate of drug-likeness (QED) is 0.654. The van der Waals surface area contributed by atoms with Crippen molar-refractivity contribution in [1.29, 1.82) is 0 Å². The summed E-state index contributed by atoms with van der Waals surface area (Å²) in [7, 11) is 1.60. The summed E-state index contributed by atoms with van der Waals surface area (Å²) in [5, 5.41) is 2.67. The second-order valence-corrected chi connectivity index (χ2v) is 6.31. The lowest BCUT2D eigenvalue weighted by Crippen LogP contribution is -2.48. The van der Waals surface area contributed by atoms with Gasteiger partial charge in [0.05, 0.1) is 6.61 Å². The van der Waals surface area contributed by atoms with Crippen LogP contribution >= 0.6 is 0 Å². The molecule has 1 N–H and O–H groups in total. The van der Waals surface area contributed by atoms with Gasteiger partial charge in [0.1, 0.15) is 11.8 Å². The Morgan fingerprint density at radius 2 is 1.67 bits per heavy atom. The Kier molecular flexibility index (Phi) is 8.36. The van der Waals surface area contributed by atoms with Crippen LogP contribution in [0, 0.1) is 0 Å². The maximum absolute atomic E-state index is 12.9. The lowest BCUT2D eigenvalue weighted by molar-refractivity contribution is -0.141. The average molecular weight is 368 g/mol. The fourth-order valence-corrected chi connectivity index (χ4v) is 2.94. The van der Waals surface area contributed by atoms with E-state index in [1.54, 1.807) is 11.9 Å². The highest BCUT2D eigenvalue weighted by atomic mass is 16.5. The van der Waals surface area contributed by atoms with Gasteiger partial charge in [0.25, 0.3) is 0 Å². The molecule has 0 aliphatic carbocycles. The number of carbonyl (C=O) groups excluding carboxylic acids is 2. The van der Waals surface area contributed by atoms with Gasteiger partial charge in [-0.25, -0.2) is 0 Å². The average Bonchev–Trinajstić information content (AvgIpc) is 2.72. The number of hydrogen-bond acceptors (Lipinski definition) is 3. The third kappa shape index (κ3) is 6.44. The third-order valence-electron chi connectivity index (χ3n) is 4.37. The lowest BCUT2D eigenvalue weighted by atomic mass is 10.1. The highest BCUT2D eigenvalue weighted by Gasteiger charge is 2.27. The van der Waals surface area contributed by atoms with Gasteiger partial charge in [0.15, 0.2) is 0 Å². The number of amides is 2. The van der Waals surface area contributed by atoms with E-state index in [1.165, 1.54) is 0 Å². The molecular formula is C22H28N2O3. The summed E-state index contributed by atoms with van der Waals surface area (Å²) in [5.74, 6) is 0.621. The van der Waals surface area contributed by atoms with Gasteiger partial charge in [-0.2, -0.15) is 0 Å². The fourth-order valence-electron chi connectivity index (χ4n) is 2.94. The Labute approximate surface area is 161 Å². The third-order valence-corrected chi connectivity index (χ3v) is 4.37. The van der Waals surface area contributed by atoms with Gasteiger partial charge in [-0.1, -0.05) is 55.5 Å². The van der Waals surface area contributed by atoms with E-state index >= 15 is 0 Å².